The van der Waals surface area contributed by atoms with Gasteiger partial charge in [0.1, 0.15) is 11.4 Å². The molecule has 2 heterocycles. The van der Waals surface area contributed by atoms with Crippen LogP contribution < -0.4 is 26.5 Å². The number of para-hydroxylation sites is 1. The number of nitrogens with one attached hydrogen (secondary N) is 1. The molecule has 3 N–H and O–H groups in total. The lowest BCUT2D eigenvalue weighted by Crippen LogP contribution is -2.37. The zero-order chi connectivity index (χ0) is 27.8. The van der Waals surface area contributed by atoms with Crippen molar-refractivity contribution < 1.29 is 13.6 Å². The zero-order valence-corrected chi connectivity index (χ0v) is 21.9. The van der Waals surface area contributed by atoms with Gasteiger partial charge in [0.05, 0.1) is 23.1 Å². The molecular weight excluding hydrogens is 504 g/mol. The van der Waals surface area contributed by atoms with E-state index in [0.29, 0.717) is 23.5 Å². The first-order valence-electron chi connectivity index (χ1n) is 13.0. The Hall–Kier alpha value is -4.12. The summed E-state index contributed by atoms with van der Waals surface area (Å²) in [6.07, 6.45) is 3.20. The SMILES string of the molecule is C=NN(c1ccc(NC(=O)c2ccc(=O)n(-c3c(F)cccc3F)n2)c(N2C[C@@H](C)[C@@H](N)C2)c1C)C1CCC1. The van der Waals surface area contributed by atoms with Crippen LogP contribution in [0.2, 0.25) is 0 Å². The molecule has 1 aliphatic heterocycles. The summed E-state index contributed by atoms with van der Waals surface area (Å²) in [6.45, 7) is 9.15. The van der Waals surface area contributed by atoms with Crippen LogP contribution in [0.5, 0.6) is 0 Å². The number of benzene rings is 2. The highest BCUT2D eigenvalue weighted by Gasteiger charge is 2.32. The smallest absolute Gasteiger partial charge is 0.276 e. The first kappa shape index (κ1) is 26.5. The quantitative estimate of drug-likeness (QED) is 0.352. The van der Waals surface area contributed by atoms with Crippen LogP contribution in [0.3, 0.4) is 0 Å². The number of nitrogens with two attached hydrogens (primary N) is 1. The fraction of sp³-hybridized carbons (Fsp3) is 0.357. The Morgan fingerprint density at radius 2 is 1.85 bits per heavy atom. The molecule has 0 unspecified atom stereocenters. The second-order valence-corrected chi connectivity index (χ2v) is 10.2. The van der Waals surface area contributed by atoms with Gasteiger partial charge in [0.15, 0.2) is 11.6 Å². The van der Waals surface area contributed by atoms with E-state index in [1.54, 1.807) is 6.07 Å². The van der Waals surface area contributed by atoms with Gasteiger partial charge in [0.25, 0.3) is 11.5 Å². The van der Waals surface area contributed by atoms with E-state index in [1.807, 2.05) is 18.0 Å². The van der Waals surface area contributed by atoms with Crippen LogP contribution in [-0.2, 0) is 0 Å². The van der Waals surface area contributed by atoms with E-state index in [1.165, 1.54) is 12.1 Å². The number of rotatable bonds is 7. The van der Waals surface area contributed by atoms with Gasteiger partial charge in [-0.15, -0.1) is 0 Å². The highest BCUT2D eigenvalue weighted by Crippen LogP contribution is 2.41. The molecule has 0 spiro atoms. The molecule has 1 saturated heterocycles. The Kier molecular flexibility index (Phi) is 7.17. The number of hydrogen-bond donors (Lipinski definition) is 2. The third kappa shape index (κ3) is 4.89. The molecular formula is C28H31F2N7O2. The number of aromatic nitrogens is 2. The fourth-order valence-corrected chi connectivity index (χ4v) is 5.21. The minimum atomic E-state index is -0.970. The Morgan fingerprint density at radius 3 is 2.44 bits per heavy atom. The second kappa shape index (κ2) is 10.6. The van der Waals surface area contributed by atoms with Crippen molar-refractivity contribution >= 4 is 29.7 Å². The van der Waals surface area contributed by atoms with Gasteiger partial charge in [-0.3, -0.25) is 14.6 Å². The highest BCUT2D eigenvalue weighted by atomic mass is 19.1. The van der Waals surface area contributed by atoms with Crippen LogP contribution in [-0.4, -0.2) is 47.6 Å². The second-order valence-electron chi connectivity index (χ2n) is 10.2. The lowest BCUT2D eigenvalue weighted by molar-refractivity contribution is 0.102. The molecule has 2 fully saturated rings. The molecule has 2 atom stereocenters. The zero-order valence-electron chi connectivity index (χ0n) is 21.9. The number of hydrazone groups is 1. The van der Waals surface area contributed by atoms with Crippen LogP contribution >= 0.6 is 0 Å². The molecule has 3 aromatic rings. The number of hydrogen-bond acceptors (Lipinski definition) is 7. The van der Waals surface area contributed by atoms with Crippen LogP contribution in [0.4, 0.5) is 25.8 Å². The third-order valence-corrected chi connectivity index (χ3v) is 7.64. The normalized spacial score (nSPS) is 19.1. The predicted molar refractivity (Wildman–Crippen MR) is 148 cm³/mol. The van der Waals surface area contributed by atoms with Crippen molar-refractivity contribution in [3.05, 3.63) is 75.7 Å². The molecule has 9 nitrogen and oxygen atoms in total. The average Bonchev–Trinajstić information content (AvgIpc) is 3.20. The molecule has 1 amide bonds. The van der Waals surface area contributed by atoms with Crippen LogP contribution in [0.15, 0.2) is 52.4 Å². The van der Waals surface area contributed by atoms with Crippen molar-refractivity contribution in [3.63, 3.8) is 0 Å². The molecule has 2 aromatic carbocycles. The fourth-order valence-electron chi connectivity index (χ4n) is 5.21. The van der Waals surface area contributed by atoms with E-state index >= 15 is 0 Å². The molecule has 39 heavy (non-hydrogen) atoms. The average molecular weight is 536 g/mol. The van der Waals surface area contributed by atoms with Gasteiger partial charge >= 0.3 is 0 Å². The first-order chi connectivity index (χ1) is 18.7. The Bertz CT molecular complexity index is 1460. The lowest BCUT2D eigenvalue weighted by atomic mass is 9.91. The predicted octanol–water partition coefficient (Wildman–Crippen LogP) is 3.83. The summed E-state index contributed by atoms with van der Waals surface area (Å²) in [6, 6.07) is 9.43. The van der Waals surface area contributed by atoms with E-state index in [0.717, 1.165) is 54.4 Å². The van der Waals surface area contributed by atoms with Crippen LogP contribution in [0, 0.1) is 24.5 Å². The summed E-state index contributed by atoms with van der Waals surface area (Å²) in [5.74, 6) is -2.33. The molecule has 1 aliphatic carbocycles. The van der Waals surface area contributed by atoms with Crippen molar-refractivity contribution in [2.24, 2.45) is 16.8 Å². The molecule has 5 rings (SSSR count). The van der Waals surface area contributed by atoms with E-state index < -0.39 is 28.8 Å². The molecule has 0 radical (unpaired) electrons. The van der Waals surface area contributed by atoms with Crippen molar-refractivity contribution in [2.45, 2.75) is 45.2 Å². The number of anilines is 3. The van der Waals surface area contributed by atoms with Crippen molar-refractivity contribution in [1.82, 2.24) is 9.78 Å². The number of carbonyl (C=O) groups excluding carboxylic acids is 1. The van der Waals surface area contributed by atoms with E-state index in [2.05, 4.69) is 34.1 Å². The number of carbonyl (C=O) groups is 1. The monoisotopic (exact) mass is 535 g/mol. The minimum Gasteiger partial charge on any atom is -0.368 e. The first-order valence-corrected chi connectivity index (χ1v) is 13.0. The maximum absolute atomic E-state index is 14.4. The number of halogens is 2. The van der Waals surface area contributed by atoms with E-state index in [9.17, 15) is 18.4 Å². The molecule has 204 valence electrons. The lowest BCUT2D eigenvalue weighted by Gasteiger charge is -2.37. The van der Waals surface area contributed by atoms with E-state index in [-0.39, 0.29) is 23.7 Å². The van der Waals surface area contributed by atoms with Crippen molar-refractivity contribution in [2.75, 3.05) is 28.3 Å². The molecule has 1 saturated carbocycles. The summed E-state index contributed by atoms with van der Waals surface area (Å²) >= 11 is 0. The maximum atomic E-state index is 14.4. The summed E-state index contributed by atoms with van der Waals surface area (Å²) < 4.78 is 29.3. The van der Waals surface area contributed by atoms with Gasteiger partial charge in [0, 0.05) is 31.9 Å². The molecule has 0 bridgehead atoms. The largest absolute Gasteiger partial charge is 0.368 e. The van der Waals surface area contributed by atoms with Gasteiger partial charge in [-0.05, 0) is 68.0 Å². The summed E-state index contributed by atoms with van der Waals surface area (Å²) in [4.78, 5) is 27.9. The Balaban J connectivity index is 1.53. The van der Waals surface area contributed by atoms with E-state index in [4.69, 9.17) is 5.73 Å². The van der Waals surface area contributed by atoms with Crippen molar-refractivity contribution in [1.29, 1.82) is 0 Å². The van der Waals surface area contributed by atoms with Gasteiger partial charge in [0.2, 0.25) is 0 Å². The third-order valence-electron chi connectivity index (χ3n) is 7.64. The van der Waals surface area contributed by atoms with Crippen LogP contribution in [0.1, 0.15) is 42.2 Å². The number of amides is 1. The number of nitrogens with zero attached hydrogens (tertiary/aromatic N) is 5. The summed E-state index contributed by atoms with van der Waals surface area (Å²) in [7, 11) is 0. The standard InChI is InChI=1S/C28H31F2N7O2/c1-16-14-35(15-21(16)31)26-17(2)24(36(32-3)18-6-4-7-18)12-10-22(26)33-28(39)23-11-13-25(38)37(34-23)27-19(29)8-5-9-20(27)30/h5,8-13,16,18,21H,3-4,6-7,14-15,31H2,1-2H3,(H,33,39)/t16-,21+/m1/s1. The summed E-state index contributed by atoms with van der Waals surface area (Å²) in [5.41, 5.74) is 7.89. The highest BCUT2D eigenvalue weighted by molar-refractivity contribution is 6.05. The Morgan fingerprint density at radius 1 is 1.13 bits per heavy atom. The molecule has 11 heteroatoms. The van der Waals surface area contributed by atoms with Gasteiger partial charge in [-0.25, -0.2) is 8.78 Å². The summed E-state index contributed by atoms with van der Waals surface area (Å²) in [5, 5.41) is 13.1. The topological polar surface area (TPSA) is 109 Å². The van der Waals surface area contributed by atoms with Crippen LogP contribution in [0.25, 0.3) is 5.69 Å². The van der Waals surface area contributed by atoms with Gasteiger partial charge in [-0.1, -0.05) is 13.0 Å². The molecule has 2 aliphatic rings. The minimum absolute atomic E-state index is 0.0299. The van der Waals surface area contributed by atoms with Gasteiger partial charge in [-0.2, -0.15) is 14.9 Å². The maximum Gasteiger partial charge on any atom is 0.276 e. The Labute approximate surface area is 224 Å². The molecule has 1 aromatic heterocycles. The van der Waals surface area contributed by atoms with Crippen molar-refractivity contribution in [3.8, 4) is 5.69 Å². The van der Waals surface area contributed by atoms with Gasteiger partial charge < -0.3 is 16.0 Å².